The summed E-state index contributed by atoms with van der Waals surface area (Å²) < 4.78 is 18.7. The van der Waals surface area contributed by atoms with Crippen LogP contribution in [0.2, 0.25) is 0 Å². The molecule has 1 saturated heterocycles. The second kappa shape index (κ2) is 9.04. The molecule has 180 valence electrons. The fraction of sp³-hybridized carbons (Fsp3) is 0.346. The molecule has 0 bridgehead atoms. The Hall–Kier alpha value is -3.90. The van der Waals surface area contributed by atoms with E-state index < -0.39 is 11.2 Å². The van der Waals surface area contributed by atoms with Gasteiger partial charge in [0.25, 0.3) is 5.56 Å². The molecule has 0 spiro atoms. The quantitative estimate of drug-likeness (QED) is 0.458. The fourth-order valence-electron chi connectivity index (χ4n) is 4.87. The van der Waals surface area contributed by atoms with Gasteiger partial charge in [-0.1, -0.05) is 36.3 Å². The minimum atomic E-state index is -0.482. The van der Waals surface area contributed by atoms with Gasteiger partial charge in [-0.3, -0.25) is 18.5 Å². The summed E-state index contributed by atoms with van der Waals surface area (Å²) in [5.41, 5.74) is 6.58. The Bertz CT molecular complexity index is 1620. The number of hydrogen-bond acceptors (Lipinski definition) is 5. The zero-order valence-electron chi connectivity index (χ0n) is 19.8. The highest BCUT2D eigenvalue weighted by Crippen LogP contribution is 2.24. The van der Waals surface area contributed by atoms with Crippen molar-refractivity contribution in [2.45, 2.75) is 38.9 Å². The third kappa shape index (κ3) is 3.90. The summed E-state index contributed by atoms with van der Waals surface area (Å²) in [5, 5.41) is 1.11. The highest BCUT2D eigenvalue weighted by Gasteiger charge is 2.26. The van der Waals surface area contributed by atoms with E-state index in [1.165, 1.54) is 15.2 Å². The van der Waals surface area contributed by atoms with Gasteiger partial charge in [-0.25, -0.2) is 9.18 Å². The Morgan fingerprint density at radius 1 is 1.14 bits per heavy atom. The van der Waals surface area contributed by atoms with Crippen molar-refractivity contribution in [2.24, 2.45) is 12.8 Å². The van der Waals surface area contributed by atoms with Gasteiger partial charge in [-0.15, -0.1) is 5.92 Å². The molecule has 1 aliphatic heterocycles. The molecule has 0 aliphatic carbocycles. The lowest BCUT2D eigenvalue weighted by Crippen LogP contribution is -2.44. The lowest BCUT2D eigenvalue weighted by molar-refractivity contribution is 0.496. The van der Waals surface area contributed by atoms with Crippen LogP contribution in [0.4, 0.5) is 10.3 Å². The van der Waals surface area contributed by atoms with Crippen molar-refractivity contribution < 1.29 is 4.39 Å². The first-order valence-corrected chi connectivity index (χ1v) is 11.7. The summed E-state index contributed by atoms with van der Waals surface area (Å²) in [7, 11) is 1.61. The maximum Gasteiger partial charge on any atom is 0.332 e. The number of halogens is 1. The molecule has 5 rings (SSSR count). The fourth-order valence-corrected chi connectivity index (χ4v) is 4.87. The van der Waals surface area contributed by atoms with E-state index in [9.17, 15) is 14.0 Å². The predicted octanol–water partition coefficient (Wildman–Crippen LogP) is 2.19. The number of aromatic nitrogens is 4. The number of piperidine rings is 1. The Kier molecular flexibility index (Phi) is 5.91. The van der Waals surface area contributed by atoms with Crippen LogP contribution in [0, 0.1) is 17.7 Å². The van der Waals surface area contributed by atoms with Gasteiger partial charge < -0.3 is 10.6 Å². The van der Waals surface area contributed by atoms with Crippen molar-refractivity contribution in [3.63, 3.8) is 0 Å². The largest absolute Gasteiger partial charge is 0.341 e. The number of hydrogen-bond donors (Lipinski definition) is 1. The molecule has 1 fully saturated rings. The molecule has 1 atom stereocenters. The summed E-state index contributed by atoms with van der Waals surface area (Å²) in [6.45, 7) is 3.40. The number of nitrogens with two attached hydrogens (primary N) is 1. The van der Waals surface area contributed by atoms with Gasteiger partial charge in [0.2, 0.25) is 5.95 Å². The molecule has 1 aliphatic rings. The van der Waals surface area contributed by atoms with Gasteiger partial charge in [0.15, 0.2) is 11.2 Å². The van der Waals surface area contributed by atoms with E-state index in [0.29, 0.717) is 40.0 Å². The molecule has 8 nitrogen and oxygen atoms in total. The third-order valence-corrected chi connectivity index (χ3v) is 6.66. The molecule has 2 aromatic carbocycles. The van der Waals surface area contributed by atoms with E-state index in [1.807, 2.05) is 6.07 Å². The van der Waals surface area contributed by atoms with E-state index in [2.05, 4.69) is 16.7 Å². The van der Waals surface area contributed by atoms with Crippen LogP contribution in [0.5, 0.6) is 0 Å². The number of nitrogens with zero attached hydrogens (tertiary/aromatic N) is 5. The van der Waals surface area contributed by atoms with Crippen LogP contribution in [-0.2, 0) is 20.1 Å². The number of benzene rings is 2. The van der Waals surface area contributed by atoms with Crippen LogP contribution in [-0.4, -0.2) is 37.8 Å². The van der Waals surface area contributed by atoms with Crippen molar-refractivity contribution in [1.82, 2.24) is 18.7 Å². The second-order valence-electron chi connectivity index (χ2n) is 8.93. The Morgan fingerprint density at radius 2 is 1.91 bits per heavy atom. The molecular formula is C26H27FN6O2. The summed E-state index contributed by atoms with van der Waals surface area (Å²) in [4.78, 5) is 33.9. The minimum Gasteiger partial charge on any atom is -0.341 e. The van der Waals surface area contributed by atoms with Gasteiger partial charge in [0.05, 0.1) is 13.1 Å². The van der Waals surface area contributed by atoms with Crippen molar-refractivity contribution >= 4 is 27.9 Å². The number of rotatable bonds is 4. The van der Waals surface area contributed by atoms with Gasteiger partial charge >= 0.3 is 5.69 Å². The average Bonchev–Trinajstić information content (AvgIpc) is 3.25. The first-order valence-electron chi connectivity index (χ1n) is 11.7. The van der Waals surface area contributed by atoms with Crippen molar-refractivity contribution in [2.75, 3.05) is 18.0 Å². The molecule has 35 heavy (non-hydrogen) atoms. The normalized spacial score (nSPS) is 16.0. The monoisotopic (exact) mass is 474 g/mol. The maximum absolute atomic E-state index is 14.3. The summed E-state index contributed by atoms with van der Waals surface area (Å²) in [6.07, 6.45) is 1.85. The summed E-state index contributed by atoms with van der Waals surface area (Å²) in [5.74, 6) is 6.16. The van der Waals surface area contributed by atoms with Crippen LogP contribution < -0.4 is 21.9 Å². The number of anilines is 1. The summed E-state index contributed by atoms with van der Waals surface area (Å²) >= 11 is 0. The topological polar surface area (TPSA) is 91.1 Å². The highest BCUT2D eigenvalue weighted by molar-refractivity contribution is 5.86. The lowest BCUT2D eigenvalue weighted by Gasteiger charge is -2.31. The lowest BCUT2D eigenvalue weighted by atomic mass is 10.0. The first-order chi connectivity index (χ1) is 16.9. The molecule has 2 aromatic heterocycles. The van der Waals surface area contributed by atoms with Crippen LogP contribution in [0.15, 0.2) is 46.0 Å². The smallest absolute Gasteiger partial charge is 0.332 e. The molecule has 0 saturated carbocycles. The second-order valence-corrected chi connectivity index (χ2v) is 8.93. The molecule has 0 amide bonds. The maximum atomic E-state index is 14.3. The molecule has 2 N–H and O–H groups in total. The van der Waals surface area contributed by atoms with Crippen LogP contribution in [0.1, 0.15) is 25.3 Å². The van der Waals surface area contributed by atoms with E-state index in [1.54, 1.807) is 42.8 Å². The van der Waals surface area contributed by atoms with Crippen molar-refractivity contribution in [3.05, 3.63) is 68.6 Å². The van der Waals surface area contributed by atoms with Gasteiger partial charge in [-0.05, 0) is 36.8 Å². The molecular weight excluding hydrogens is 447 g/mol. The van der Waals surface area contributed by atoms with Crippen molar-refractivity contribution in [1.29, 1.82) is 0 Å². The first kappa shape index (κ1) is 22.9. The standard InChI is InChI=1S/C26H27FN6O2/c1-3-4-14-32-22-23(29-25(32)31-13-7-8-18(28)16-31)30(2)26(35)33(24(22)34)15-17-11-12-21(27)20-10-6-5-9-19(17)20/h5-6,9-12,18H,7-8,13-16,28H2,1-2H3. The SMILES string of the molecule is CC#CCn1c(N2CCCC(N)C2)nc2c1c(=O)n(Cc1ccc(F)c3ccccc13)c(=O)n2C. The zero-order valence-corrected chi connectivity index (χ0v) is 19.8. The Morgan fingerprint density at radius 3 is 2.66 bits per heavy atom. The van der Waals surface area contributed by atoms with E-state index in [-0.39, 0.29) is 24.9 Å². The minimum absolute atomic E-state index is 0.0107. The van der Waals surface area contributed by atoms with Crippen LogP contribution in [0.3, 0.4) is 0 Å². The molecule has 4 aromatic rings. The van der Waals surface area contributed by atoms with E-state index in [4.69, 9.17) is 10.7 Å². The van der Waals surface area contributed by atoms with Crippen LogP contribution in [0.25, 0.3) is 21.9 Å². The average molecular weight is 475 g/mol. The van der Waals surface area contributed by atoms with Crippen LogP contribution >= 0.6 is 0 Å². The molecule has 9 heteroatoms. The number of imidazole rings is 1. The zero-order chi connectivity index (χ0) is 24.7. The Balaban J connectivity index is 1.72. The van der Waals surface area contributed by atoms with Gasteiger partial charge in [-0.2, -0.15) is 4.98 Å². The third-order valence-electron chi connectivity index (χ3n) is 6.66. The summed E-state index contributed by atoms with van der Waals surface area (Å²) in [6, 6.07) is 10.0. The molecule has 3 heterocycles. The van der Waals surface area contributed by atoms with E-state index >= 15 is 0 Å². The molecule has 1 unspecified atom stereocenters. The van der Waals surface area contributed by atoms with Gasteiger partial charge in [0, 0.05) is 31.6 Å². The van der Waals surface area contributed by atoms with E-state index in [0.717, 1.165) is 19.4 Å². The number of aryl methyl sites for hydroxylation is 1. The van der Waals surface area contributed by atoms with Crippen molar-refractivity contribution in [3.8, 4) is 11.8 Å². The predicted molar refractivity (Wildman–Crippen MR) is 135 cm³/mol. The molecule has 0 radical (unpaired) electrons. The van der Waals surface area contributed by atoms with Gasteiger partial charge in [0.1, 0.15) is 5.82 Å². The highest BCUT2D eigenvalue weighted by atomic mass is 19.1. The number of fused-ring (bicyclic) bond motifs is 2. The Labute approximate surface area is 201 Å².